The van der Waals surface area contributed by atoms with Gasteiger partial charge in [-0.2, -0.15) is 0 Å². The molecule has 1 fully saturated rings. The molecule has 1 atom stereocenters. The maximum absolute atomic E-state index is 11.8. The molecule has 4 nitrogen and oxygen atoms in total. The number of halogens is 1. The second-order valence-corrected chi connectivity index (χ2v) is 7.62. The van der Waals surface area contributed by atoms with E-state index in [0.29, 0.717) is 16.8 Å². The van der Waals surface area contributed by atoms with Crippen LogP contribution in [0.25, 0.3) is 0 Å². The summed E-state index contributed by atoms with van der Waals surface area (Å²) < 4.78 is 26.8. The summed E-state index contributed by atoms with van der Waals surface area (Å²) in [7, 11) is -3.44. The van der Waals surface area contributed by atoms with Crippen LogP contribution in [0.15, 0.2) is 16.3 Å². The molecule has 1 aromatic rings. The van der Waals surface area contributed by atoms with E-state index in [2.05, 4.69) is 4.72 Å². The minimum atomic E-state index is -3.44. The molecule has 1 heterocycles. The monoisotopic (exact) mass is 280 g/mol. The van der Waals surface area contributed by atoms with Gasteiger partial charge in [-0.25, -0.2) is 13.1 Å². The summed E-state index contributed by atoms with van der Waals surface area (Å²) in [6.07, 6.45) is 2.21. The van der Waals surface area contributed by atoms with Gasteiger partial charge in [0.15, 0.2) is 0 Å². The number of nitrogens with one attached hydrogen (secondary N) is 1. The molecule has 0 spiro atoms. The van der Waals surface area contributed by atoms with E-state index in [1.165, 1.54) is 6.07 Å². The van der Waals surface area contributed by atoms with Crippen molar-refractivity contribution in [2.45, 2.75) is 23.1 Å². The first-order valence-electron chi connectivity index (χ1n) is 4.99. The maximum Gasteiger partial charge on any atom is 0.250 e. The standard InChI is InChI=1S/C9H13ClN2O2S2/c10-8-3-4-9(15-8)16(13,14)12-5-7(11)6-1-2-6/h3-4,6-7,12H,1-2,5,11H2. The zero-order valence-electron chi connectivity index (χ0n) is 8.52. The van der Waals surface area contributed by atoms with Crippen molar-refractivity contribution in [1.82, 2.24) is 4.72 Å². The van der Waals surface area contributed by atoms with Gasteiger partial charge in [0.25, 0.3) is 0 Å². The van der Waals surface area contributed by atoms with Crippen LogP contribution in [0.1, 0.15) is 12.8 Å². The summed E-state index contributed by atoms with van der Waals surface area (Å²) in [4.78, 5) is 0. The topological polar surface area (TPSA) is 72.2 Å². The van der Waals surface area contributed by atoms with E-state index in [4.69, 9.17) is 17.3 Å². The molecule has 2 rings (SSSR count). The Kier molecular flexibility index (Phi) is 3.56. The molecule has 0 aromatic carbocycles. The number of hydrogen-bond acceptors (Lipinski definition) is 4. The molecule has 3 N–H and O–H groups in total. The molecular weight excluding hydrogens is 268 g/mol. The minimum Gasteiger partial charge on any atom is -0.326 e. The van der Waals surface area contributed by atoms with E-state index in [1.807, 2.05) is 0 Å². The fourth-order valence-corrected chi connectivity index (χ4v) is 4.01. The Morgan fingerprint density at radius 2 is 2.25 bits per heavy atom. The van der Waals surface area contributed by atoms with Gasteiger partial charge in [0.2, 0.25) is 10.0 Å². The van der Waals surface area contributed by atoms with E-state index in [9.17, 15) is 8.42 Å². The van der Waals surface area contributed by atoms with Crippen LogP contribution in [0.2, 0.25) is 4.34 Å². The van der Waals surface area contributed by atoms with Gasteiger partial charge >= 0.3 is 0 Å². The summed E-state index contributed by atoms with van der Waals surface area (Å²) >= 11 is 6.74. The van der Waals surface area contributed by atoms with Crippen molar-refractivity contribution in [2.24, 2.45) is 11.7 Å². The largest absolute Gasteiger partial charge is 0.326 e. The SMILES string of the molecule is NC(CNS(=O)(=O)c1ccc(Cl)s1)C1CC1. The molecule has 0 amide bonds. The first kappa shape index (κ1) is 12.3. The fraction of sp³-hybridized carbons (Fsp3) is 0.556. The van der Waals surface area contributed by atoms with Crippen LogP contribution in [-0.4, -0.2) is 21.0 Å². The van der Waals surface area contributed by atoms with Crippen LogP contribution >= 0.6 is 22.9 Å². The quantitative estimate of drug-likeness (QED) is 0.857. The van der Waals surface area contributed by atoms with Gasteiger partial charge in [0.1, 0.15) is 4.21 Å². The van der Waals surface area contributed by atoms with Crippen molar-refractivity contribution in [1.29, 1.82) is 0 Å². The molecule has 1 aliphatic rings. The molecule has 90 valence electrons. The Hall–Kier alpha value is -0.140. The highest BCUT2D eigenvalue weighted by Gasteiger charge is 2.29. The van der Waals surface area contributed by atoms with Gasteiger partial charge in [-0.15, -0.1) is 11.3 Å². The molecule has 16 heavy (non-hydrogen) atoms. The Labute approximate surface area is 104 Å². The second-order valence-electron chi connectivity index (χ2n) is 3.91. The van der Waals surface area contributed by atoms with E-state index >= 15 is 0 Å². The molecule has 0 bridgehead atoms. The van der Waals surface area contributed by atoms with Crippen LogP contribution in [-0.2, 0) is 10.0 Å². The molecule has 7 heteroatoms. The third-order valence-corrected chi connectivity index (χ3v) is 5.70. The van der Waals surface area contributed by atoms with Crippen LogP contribution in [0, 0.1) is 5.92 Å². The van der Waals surface area contributed by atoms with E-state index in [-0.39, 0.29) is 10.3 Å². The lowest BCUT2D eigenvalue weighted by atomic mass is 10.2. The first-order chi connectivity index (χ1) is 7.49. The molecule has 1 aromatic heterocycles. The maximum atomic E-state index is 11.8. The lowest BCUT2D eigenvalue weighted by Gasteiger charge is -2.10. The van der Waals surface area contributed by atoms with Gasteiger partial charge in [-0.1, -0.05) is 11.6 Å². The number of sulfonamides is 1. The lowest BCUT2D eigenvalue weighted by Crippen LogP contribution is -2.38. The number of rotatable bonds is 5. The second kappa shape index (κ2) is 4.62. The van der Waals surface area contributed by atoms with Gasteiger partial charge in [-0.05, 0) is 30.9 Å². The summed E-state index contributed by atoms with van der Waals surface area (Å²) in [5.41, 5.74) is 5.82. The number of hydrogen-bond donors (Lipinski definition) is 2. The molecule has 0 radical (unpaired) electrons. The van der Waals surface area contributed by atoms with Crippen molar-refractivity contribution in [3.63, 3.8) is 0 Å². The first-order valence-corrected chi connectivity index (χ1v) is 7.67. The van der Waals surface area contributed by atoms with Crippen molar-refractivity contribution in [2.75, 3.05) is 6.54 Å². The molecule has 1 aliphatic carbocycles. The zero-order valence-corrected chi connectivity index (χ0v) is 10.9. The van der Waals surface area contributed by atoms with Gasteiger partial charge < -0.3 is 5.73 Å². The summed E-state index contributed by atoms with van der Waals surface area (Å²) in [5.74, 6) is 0.481. The third-order valence-electron chi connectivity index (χ3n) is 2.55. The average Bonchev–Trinajstić information content (AvgIpc) is 2.98. The molecule has 0 aliphatic heterocycles. The van der Waals surface area contributed by atoms with Crippen molar-refractivity contribution in [3.8, 4) is 0 Å². The fourth-order valence-electron chi connectivity index (χ4n) is 1.41. The van der Waals surface area contributed by atoms with Gasteiger partial charge in [-0.3, -0.25) is 0 Å². The predicted molar refractivity (Wildman–Crippen MR) is 65.2 cm³/mol. The average molecular weight is 281 g/mol. The third kappa shape index (κ3) is 2.95. The predicted octanol–water partition coefficient (Wildman–Crippen LogP) is 1.42. The molecule has 1 saturated carbocycles. The molecule has 0 saturated heterocycles. The zero-order chi connectivity index (χ0) is 11.8. The smallest absolute Gasteiger partial charge is 0.250 e. The van der Waals surface area contributed by atoms with Crippen LogP contribution in [0.5, 0.6) is 0 Å². The molecular formula is C9H13ClN2O2S2. The normalized spacial score (nSPS) is 18.6. The molecule has 1 unspecified atom stereocenters. The van der Waals surface area contributed by atoms with E-state index < -0.39 is 10.0 Å². The lowest BCUT2D eigenvalue weighted by molar-refractivity contribution is 0.549. The van der Waals surface area contributed by atoms with E-state index in [1.54, 1.807) is 6.07 Å². The highest BCUT2D eigenvalue weighted by molar-refractivity contribution is 7.91. The van der Waals surface area contributed by atoms with E-state index in [0.717, 1.165) is 24.2 Å². The summed E-state index contributed by atoms with van der Waals surface area (Å²) in [6, 6.07) is 2.99. The van der Waals surface area contributed by atoms with Crippen LogP contribution in [0.3, 0.4) is 0 Å². The Balaban J connectivity index is 1.97. The number of nitrogens with two attached hydrogens (primary N) is 1. The summed E-state index contributed by atoms with van der Waals surface area (Å²) in [5, 5.41) is 0. The Bertz CT molecular complexity index is 468. The van der Waals surface area contributed by atoms with Gasteiger partial charge in [0, 0.05) is 12.6 Å². The highest BCUT2D eigenvalue weighted by Crippen LogP contribution is 2.31. The van der Waals surface area contributed by atoms with Crippen LogP contribution in [0.4, 0.5) is 0 Å². The van der Waals surface area contributed by atoms with Gasteiger partial charge in [0.05, 0.1) is 4.34 Å². The Morgan fingerprint density at radius 1 is 1.56 bits per heavy atom. The Morgan fingerprint density at radius 3 is 2.75 bits per heavy atom. The van der Waals surface area contributed by atoms with Crippen LogP contribution < -0.4 is 10.5 Å². The number of thiophene rings is 1. The highest BCUT2D eigenvalue weighted by atomic mass is 35.5. The van der Waals surface area contributed by atoms with Crippen molar-refractivity contribution < 1.29 is 8.42 Å². The van der Waals surface area contributed by atoms with Crippen molar-refractivity contribution in [3.05, 3.63) is 16.5 Å². The minimum absolute atomic E-state index is 0.0785. The van der Waals surface area contributed by atoms with Crippen molar-refractivity contribution >= 4 is 33.0 Å². The summed E-state index contributed by atoms with van der Waals surface area (Å²) in [6.45, 7) is 0.294.